The summed E-state index contributed by atoms with van der Waals surface area (Å²) < 4.78 is 10.5. The van der Waals surface area contributed by atoms with Crippen molar-refractivity contribution in [1.82, 2.24) is 10.1 Å². The number of carbonyl (C=O) groups is 2. The molecule has 0 atom stereocenters. The van der Waals surface area contributed by atoms with Crippen LogP contribution >= 0.6 is 0 Å². The van der Waals surface area contributed by atoms with E-state index in [0.29, 0.717) is 49.1 Å². The summed E-state index contributed by atoms with van der Waals surface area (Å²) in [4.78, 5) is 28.1. The zero-order chi connectivity index (χ0) is 20.4. The average Bonchev–Trinajstić information content (AvgIpc) is 3.07. The quantitative estimate of drug-likeness (QED) is 0.639. The van der Waals surface area contributed by atoms with Crippen LogP contribution in [-0.4, -0.2) is 48.2 Å². The van der Waals surface area contributed by atoms with Crippen LogP contribution in [0.15, 0.2) is 10.6 Å². The van der Waals surface area contributed by atoms with Gasteiger partial charge in [0.2, 0.25) is 11.8 Å². The first-order valence-electron chi connectivity index (χ1n) is 11.1. The largest absolute Gasteiger partial charge is 0.382 e. The van der Waals surface area contributed by atoms with Gasteiger partial charge in [0, 0.05) is 25.8 Å². The minimum absolute atomic E-state index is 0.0542. The van der Waals surface area contributed by atoms with Gasteiger partial charge in [0.15, 0.2) is 5.82 Å². The number of amides is 2. The van der Waals surface area contributed by atoms with Crippen molar-refractivity contribution >= 4 is 17.6 Å². The molecule has 4 aliphatic rings. The van der Waals surface area contributed by atoms with Crippen LogP contribution in [0.25, 0.3) is 0 Å². The maximum absolute atomic E-state index is 13.7. The predicted octanol–water partition coefficient (Wildman–Crippen LogP) is 3.39. The summed E-state index contributed by atoms with van der Waals surface area (Å²) in [7, 11) is 0. The Morgan fingerprint density at radius 2 is 1.90 bits per heavy atom. The molecule has 7 nitrogen and oxygen atoms in total. The van der Waals surface area contributed by atoms with Gasteiger partial charge in [0.25, 0.3) is 0 Å². The first kappa shape index (κ1) is 20.4. The van der Waals surface area contributed by atoms with Gasteiger partial charge in [-0.2, -0.15) is 0 Å². The fourth-order valence-corrected chi connectivity index (χ4v) is 6.24. The summed E-state index contributed by atoms with van der Waals surface area (Å²) >= 11 is 0. The number of hydrogen-bond acceptors (Lipinski definition) is 5. The summed E-state index contributed by atoms with van der Waals surface area (Å²) in [5.41, 5.74) is -0.245. The van der Waals surface area contributed by atoms with Crippen LogP contribution in [0.1, 0.15) is 57.6 Å². The Bertz CT molecular complexity index is 709. The van der Waals surface area contributed by atoms with Gasteiger partial charge >= 0.3 is 0 Å². The number of anilines is 1. The third-order valence-electron chi connectivity index (χ3n) is 6.93. The molecule has 5 rings (SSSR count). The second-order valence-corrected chi connectivity index (χ2v) is 9.35. The lowest BCUT2D eigenvalue weighted by Crippen LogP contribution is -2.55. The molecule has 1 heterocycles. The van der Waals surface area contributed by atoms with Crippen LogP contribution < -0.4 is 5.32 Å². The molecule has 0 unspecified atom stereocenters. The van der Waals surface area contributed by atoms with E-state index in [1.54, 1.807) is 17.9 Å². The van der Waals surface area contributed by atoms with Crippen LogP contribution in [-0.2, 0) is 14.3 Å². The van der Waals surface area contributed by atoms with Gasteiger partial charge in [-0.05, 0) is 76.5 Å². The lowest BCUT2D eigenvalue weighted by molar-refractivity contribution is -0.159. The normalized spacial score (nSPS) is 29.8. The van der Waals surface area contributed by atoms with Crippen LogP contribution in [0.2, 0.25) is 0 Å². The molecule has 160 valence electrons. The Hall–Kier alpha value is -1.89. The summed E-state index contributed by atoms with van der Waals surface area (Å²) in [6.07, 6.45) is 7.63. The molecular formula is C22H33N3O4. The van der Waals surface area contributed by atoms with E-state index in [4.69, 9.17) is 9.26 Å². The van der Waals surface area contributed by atoms with E-state index in [0.717, 1.165) is 25.7 Å². The van der Waals surface area contributed by atoms with Gasteiger partial charge < -0.3 is 19.5 Å². The molecule has 7 heteroatoms. The van der Waals surface area contributed by atoms with Crippen molar-refractivity contribution in [3.63, 3.8) is 0 Å². The van der Waals surface area contributed by atoms with Crippen LogP contribution in [0.4, 0.5) is 5.82 Å². The highest BCUT2D eigenvalue weighted by atomic mass is 16.5. The number of ether oxygens (including phenoxy) is 1. The predicted molar refractivity (Wildman–Crippen MR) is 108 cm³/mol. The second-order valence-electron chi connectivity index (χ2n) is 9.35. The molecule has 4 bridgehead atoms. The molecular weight excluding hydrogens is 370 g/mol. The van der Waals surface area contributed by atoms with Gasteiger partial charge in [0.05, 0.1) is 12.0 Å². The minimum atomic E-state index is -0.245. The molecule has 0 radical (unpaired) electrons. The number of aryl methyl sites for hydroxylation is 1. The molecule has 0 aromatic carbocycles. The average molecular weight is 404 g/mol. The smallest absolute Gasteiger partial charge is 0.245 e. The number of rotatable bonds is 9. The number of hydrogen-bond donors (Lipinski definition) is 1. The number of nitrogens with zero attached hydrogens (tertiary/aromatic N) is 2. The van der Waals surface area contributed by atoms with E-state index in [1.165, 1.54) is 19.3 Å². The molecule has 1 N–H and O–H groups in total. The highest BCUT2D eigenvalue weighted by molar-refractivity contribution is 5.94. The number of aromatic nitrogens is 1. The fraction of sp³-hybridized carbons (Fsp3) is 0.773. The lowest BCUT2D eigenvalue weighted by Gasteiger charge is -2.56. The van der Waals surface area contributed by atoms with Crippen LogP contribution in [0.3, 0.4) is 0 Å². The molecule has 2 amide bonds. The highest BCUT2D eigenvalue weighted by Crippen LogP contribution is 2.60. The van der Waals surface area contributed by atoms with Crippen LogP contribution in [0, 0.1) is 30.1 Å². The Kier molecular flexibility index (Phi) is 5.95. The Morgan fingerprint density at radius 1 is 1.24 bits per heavy atom. The van der Waals surface area contributed by atoms with E-state index in [-0.39, 0.29) is 23.8 Å². The minimum Gasteiger partial charge on any atom is -0.382 e. The first-order chi connectivity index (χ1) is 14.0. The second kappa shape index (κ2) is 8.46. The van der Waals surface area contributed by atoms with E-state index < -0.39 is 0 Å². The molecule has 0 spiro atoms. The SMILES string of the molecule is CCOCCCN(CC(=O)Nc1cc(C)on1)C(=O)C12CC3CC(CC(C3)C1)C2. The third kappa shape index (κ3) is 4.49. The van der Waals surface area contributed by atoms with Crippen molar-refractivity contribution in [2.45, 2.75) is 58.8 Å². The summed E-state index contributed by atoms with van der Waals surface area (Å²) in [6, 6.07) is 1.68. The molecule has 29 heavy (non-hydrogen) atoms. The topological polar surface area (TPSA) is 84.7 Å². The summed E-state index contributed by atoms with van der Waals surface area (Å²) in [5.74, 6) is 3.07. The maximum atomic E-state index is 13.7. The fourth-order valence-electron chi connectivity index (χ4n) is 6.24. The Morgan fingerprint density at radius 3 is 2.45 bits per heavy atom. The van der Waals surface area contributed by atoms with Crippen molar-refractivity contribution in [2.24, 2.45) is 23.2 Å². The van der Waals surface area contributed by atoms with E-state index >= 15 is 0 Å². The molecule has 4 saturated carbocycles. The standard InChI is InChI=1S/C22H33N3O4/c1-3-28-6-4-5-25(14-20(26)23-19-7-15(2)29-24-19)21(27)22-11-16-8-17(12-22)10-18(9-16)13-22/h7,16-18H,3-6,8-14H2,1-2H3,(H,23,24,26). The molecule has 4 aliphatic carbocycles. The van der Waals surface area contributed by atoms with Crippen molar-refractivity contribution in [3.8, 4) is 0 Å². The Labute approximate surface area is 172 Å². The Balaban J connectivity index is 1.44. The molecule has 0 aliphatic heterocycles. The monoisotopic (exact) mass is 403 g/mol. The molecule has 4 fully saturated rings. The molecule has 1 aromatic rings. The van der Waals surface area contributed by atoms with Crippen molar-refractivity contribution < 1.29 is 18.8 Å². The van der Waals surface area contributed by atoms with E-state index in [9.17, 15) is 9.59 Å². The highest BCUT2D eigenvalue weighted by Gasteiger charge is 2.55. The third-order valence-corrected chi connectivity index (χ3v) is 6.93. The summed E-state index contributed by atoms with van der Waals surface area (Å²) in [5, 5.41) is 6.57. The zero-order valence-electron chi connectivity index (χ0n) is 17.6. The van der Waals surface area contributed by atoms with Gasteiger partial charge in [-0.1, -0.05) is 5.16 Å². The van der Waals surface area contributed by atoms with Gasteiger partial charge in [-0.25, -0.2) is 0 Å². The summed E-state index contributed by atoms with van der Waals surface area (Å²) in [6.45, 7) is 5.61. The lowest BCUT2D eigenvalue weighted by atomic mass is 9.49. The molecule has 1 aromatic heterocycles. The maximum Gasteiger partial charge on any atom is 0.245 e. The first-order valence-corrected chi connectivity index (χ1v) is 11.1. The zero-order valence-corrected chi connectivity index (χ0v) is 17.6. The number of nitrogens with one attached hydrogen (secondary N) is 1. The van der Waals surface area contributed by atoms with Gasteiger partial charge in [-0.3, -0.25) is 9.59 Å². The van der Waals surface area contributed by atoms with Crippen molar-refractivity contribution in [3.05, 3.63) is 11.8 Å². The van der Waals surface area contributed by atoms with Gasteiger partial charge in [-0.15, -0.1) is 0 Å². The van der Waals surface area contributed by atoms with Gasteiger partial charge in [0.1, 0.15) is 5.76 Å². The molecule has 0 saturated heterocycles. The van der Waals surface area contributed by atoms with Crippen LogP contribution in [0.5, 0.6) is 0 Å². The van der Waals surface area contributed by atoms with Crippen molar-refractivity contribution in [1.29, 1.82) is 0 Å². The number of carbonyl (C=O) groups excluding carboxylic acids is 2. The van der Waals surface area contributed by atoms with E-state index in [1.807, 2.05) is 6.92 Å². The van der Waals surface area contributed by atoms with Crippen molar-refractivity contribution in [2.75, 3.05) is 31.6 Å². The van der Waals surface area contributed by atoms with E-state index in [2.05, 4.69) is 10.5 Å².